The zero-order valence-electron chi connectivity index (χ0n) is 13.7. The molecule has 122 valence electrons. The first-order valence-electron chi connectivity index (χ1n) is 8.53. The van der Waals surface area contributed by atoms with E-state index < -0.39 is 0 Å². The number of anilines is 1. The highest BCUT2D eigenvalue weighted by atomic mass is 16.1. The van der Waals surface area contributed by atoms with Gasteiger partial charge in [-0.1, -0.05) is 54.6 Å². The second-order valence-electron chi connectivity index (χ2n) is 6.35. The van der Waals surface area contributed by atoms with Crippen LogP contribution in [-0.2, 0) is 0 Å². The number of fused-ring (bicyclic) bond motifs is 4. The minimum absolute atomic E-state index is 0.125. The van der Waals surface area contributed by atoms with Gasteiger partial charge in [-0.2, -0.15) is 0 Å². The third kappa shape index (κ3) is 2.14. The molecule has 0 unspecified atom stereocenters. The Morgan fingerprint density at radius 2 is 1.76 bits per heavy atom. The molecule has 0 spiro atoms. The summed E-state index contributed by atoms with van der Waals surface area (Å²) in [5.41, 5.74) is 2.96. The van der Waals surface area contributed by atoms with Crippen LogP contribution in [0.4, 0.5) is 5.69 Å². The Balaban J connectivity index is 1.53. The maximum Gasteiger partial charge on any atom is 0.184 e. The molecule has 0 aliphatic carbocycles. The third-order valence-electron chi connectivity index (χ3n) is 4.92. The van der Waals surface area contributed by atoms with Crippen LogP contribution in [0.15, 0.2) is 71.7 Å². The number of ketones is 1. The topological polar surface area (TPSA) is 35.9 Å². The Labute approximate surface area is 146 Å². The van der Waals surface area contributed by atoms with Gasteiger partial charge in [0.25, 0.3) is 0 Å². The molecule has 2 aliphatic rings. The first-order valence-corrected chi connectivity index (χ1v) is 8.53. The molecule has 0 bridgehead atoms. The second kappa shape index (κ2) is 5.45. The molecule has 0 radical (unpaired) electrons. The number of carbonyl (C=O) groups excluding carboxylic acids is 1. The fourth-order valence-corrected chi connectivity index (χ4v) is 3.78. The average molecular weight is 327 g/mol. The van der Waals surface area contributed by atoms with Crippen molar-refractivity contribution in [2.24, 2.45) is 4.99 Å². The number of para-hydroxylation sites is 1. The molecule has 4 nitrogen and oxygen atoms in total. The molecule has 2 aliphatic heterocycles. The monoisotopic (exact) mass is 327 g/mol. The maximum absolute atomic E-state index is 13.1. The Morgan fingerprint density at radius 3 is 2.72 bits per heavy atom. The largest absolute Gasteiger partial charge is 0.292 e. The van der Waals surface area contributed by atoms with Crippen molar-refractivity contribution in [1.82, 2.24) is 5.01 Å². The van der Waals surface area contributed by atoms with Crippen molar-refractivity contribution in [3.8, 4) is 0 Å². The normalized spacial score (nSPS) is 15.3. The lowest BCUT2D eigenvalue weighted by Crippen LogP contribution is -2.43. The van der Waals surface area contributed by atoms with Gasteiger partial charge in [0.1, 0.15) is 6.54 Å². The summed E-state index contributed by atoms with van der Waals surface area (Å²) in [5, 5.41) is 6.32. The quantitative estimate of drug-likeness (QED) is 0.691. The van der Waals surface area contributed by atoms with Crippen molar-refractivity contribution >= 4 is 28.1 Å². The summed E-state index contributed by atoms with van der Waals surface area (Å²) in [7, 11) is 0. The number of aliphatic imine (C=N–C) groups is 1. The zero-order chi connectivity index (χ0) is 16.8. The van der Waals surface area contributed by atoms with E-state index in [9.17, 15) is 4.79 Å². The molecule has 0 atom stereocenters. The molecule has 4 heteroatoms. The van der Waals surface area contributed by atoms with Crippen LogP contribution in [-0.4, -0.2) is 36.3 Å². The lowest BCUT2D eigenvalue weighted by molar-refractivity contribution is 0.0991. The molecule has 0 fully saturated rings. The Hall–Kier alpha value is -3.14. The Bertz CT molecular complexity index is 1020. The number of hydrogen-bond donors (Lipinski definition) is 0. The zero-order valence-corrected chi connectivity index (χ0v) is 13.7. The number of benzene rings is 3. The summed E-state index contributed by atoms with van der Waals surface area (Å²) in [6, 6.07) is 22.1. The lowest BCUT2D eigenvalue weighted by Gasteiger charge is -2.28. The van der Waals surface area contributed by atoms with Gasteiger partial charge in [0, 0.05) is 11.1 Å². The van der Waals surface area contributed by atoms with Crippen molar-refractivity contribution in [2.45, 2.75) is 0 Å². The van der Waals surface area contributed by atoms with Gasteiger partial charge in [0.2, 0.25) is 0 Å². The molecular weight excluding hydrogens is 310 g/mol. The minimum atomic E-state index is 0.125. The predicted octanol–water partition coefficient (Wildman–Crippen LogP) is 3.52. The van der Waals surface area contributed by atoms with Gasteiger partial charge in [-0.3, -0.25) is 19.8 Å². The van der Waals surface area contributed by atoms with E-state index in [0.29, 0.717) is 6.54 Å². The van der Waals surface area contributed by atoms with E-state index in [1.165, 1.54) is 0 Å². The van der Waals surface area contributed by atoms with Crippen LogP contribution in [0.25, 0.3) is 10.8 Å². The van der Waals surface area contributed by atoms with Gasteiger partial charge in [-0.05, 0) is 22.9 Å². The van der Waals surface area contributed by atoms with E-state index in [-0.39, 0.29) is 5.78 Å². The molecular formula is C21H17N3O. The van der Waals surface area contributed by atoms with Crippen molar-refractivity contribution in [1.29, 1.82) is 0 Å². The molecule has 3 aromatic rings. The number of hydrogen-bond acceptors (Lipinski definition) is 4. The molecule has 3 aromatic carbocycles. The number of Topliss-reactive ketones (excluding diaryl/α,β-unsaturated/α-hetero) is 1. The van der Waals surface area contributed by atoms with Crippen LogP contribution in [0, 0.1) is 0 Å². The highest BCUT2D eigenvalue weighted by Gasteiger charge is 2.35. The molecule has 25 heavy (non-hydrogen) atoms. The fraction of sp³-hybridized carbons (Fsp3) is 0.143. The Morgan fingerprint density at radius 1 is 0.960 bits per heavy atom. The van der Waals surface area contributed by atoms with Gasteiger partial charge in [0.05, 0.1) is 18.8 Å². The van der Waals surface area contributed by atoms with Gasteiger partial charge >= 0.3 is 0 Å². The van der Waals surface area contributed by atoms with Crippen LogP contribution < -0.4 is 5.01 Å². The van der Waals surface area contributed by atoms with Gasteiger partial charge in [0.15, 0.2) is 11.6 Å². The average Bonchev–Trinajstić information content (AvgIpc) is 3.24. The SMILES string of the molecule is O=C(CN1c2ccccc2C2=NCCN21)c1cccc2ccccc12. The van der Waals surface area contributed by atoms with Crippen LogP contribution >= 0.6 is 0 Å². The fourth-order valence-electron chi connectivity index (χ4n) is 3.78. The molecule has 0 saturated carbocycles. The first-order chi connectivity index (χ1) is 12.3. The van der Waals surface area contributed by atoms with Crippen molar-refractivity contribution < 1.29 is 4.79 Å². The molecule has 0 saturated heterocycles. The van der Waals surface area contributed by atoms with E-state index in [4.69, 9.17) is 0 Å². The number of hydrazine groups is 1. The van der Waals surface area contributed by atoms with Gasteiger partial charge < -0.3 is 0 Å². The molecule has 0 N–H and O–H groups in total. The number of amidine groups is 1. The summed E-state index contributed by atoms with van der Waals surface area (Å²) in [6.07, 6.45) is 0. The van der Waals surface area contributed by atoms with Crippen LogP contribution in [0.3, 0.4) is 0 Å². The minimum Gasteiger partial charge on any atom is -0.292 e. The smallest absolute Gasteiger partial charge is 0.184 e. The highest BCUT2D eigenvalue weighted by Crippen LogP contribution is 2.33. The summed E-state index contributed by atoms with van der Waals surface area (Å²) < 4.78 is 0. The van der Waals surface area contributed by atoms with Gasteiger partial charge in [-0.15, -0.1) is 0 Å². The highest BCUT2D eigenvalue weighted by molar-refractivity contribution is 6.13. The third-order valence-corrected chi connectivity index (χ3v) is 4.92. The van der Waals surface area contributed by atoms with Crippen molar-refractivity contribution in [2.75, 3.05) is 24.6 Å². The summed E-state index contributed by atoms with van der Waals surface area (Å²) in [6.45, 7) is 1.93. The Kier molecular flexibility index (Phi) is 3.10. The molecule has 0 aromatic heterocycles. The lowest BCUT2D eigenvalue weighted by atomic mass is 10.0. The van der Waals surface area contributed by atoms with E-state index in [1.807, 2.05) is 54.6 Å². The van der Waals surface area contributed by atoms with E-state index >= 15 is 0 Å². The van der Waals surface area contributed by atoms with Crippen LogP contribution in [0.1, 0.15) is 15.9 Å². The van der Waals surface area contributed by atoms with Crippen LogP contribution in [0.5, 0.6) is 0 Å². The van der Waals surface area contributed by atoms with Crippen molar-refractivity contribution in [3.63, 3.8) is 0 Å². The number of nitrogens with zero attached hydrogens (tertiary/aromatic N) is 3. The summed E-state index contributed by atoms with van der Waals surface area (Å²) in [4.78, 5) is 17.7. The summed E-state index contributed by atoms with van der Waals surface area (Å²) >= 11 is 0. The maximum atomic E-state index is 13.1. The molecule has 0 amide bonds. The number of rotatable bonds is 3. The standard InChI is InChI=1S/C21H17N3O/c25-20(17-10-5-7-15-6-1-2-8-16(15)17)14-24-19-11-4-3-9-18(19)21-22-12-13-23(21)24/h1-11H,12-14H2. The molecule has 5 rings (SSSR count). The summed E-state index contributed by atoms with van der Waals surface area (Å²) in [5.74, 6) is 1.11. The van der Waals surface area contributed by atoms with Crippen LogP contribution in [0.2, 0.25) is 0 Å². The molecule has 2 heterocycles. The van der Waals surface area contributed by atoms with E-state index in [2.05, 4.69) is 27.1 Å². The predicted molar refractivity (Wildman–Crippen MR) is 100 cm³/mol. The number of carbonyl (C=O) groups is 1. The van der Waals surface area contributed by atoms with E-state index in [0.717, 1.165) is 46.5 Å². The second-order valence-corrected chi connectivity index (χ2v) is 6.35. The van der Waals surface area contributed by atoms with Gasteiger partial charge in [-0.25, -0.2) is 0 Å². The van der Waals surface area contributed by atoms with Crippen molar-refractivity contribution in [3.05, 3.63) is 77.9 Å². The van der Waals surface area contributed by atoms with E-state index in [1.54, 1.807) is 0 Å². The first kappa shape index (κ1) is 14.2.